The summed E-state index contributed by atoms with van der Waals surface area (Å²) in [6, 6.07) is 67.0. The van der Waals surface area contributed by atoms with Gasteiger partial charge in [-0.2, -0.15) is 0 Å². The van der Waals surface area contributed by atoms with Gasteiger partial charge in [-0.15, -0.1) is 0 Å². The Morgan fingerprint density at radius 3 is 1.38 bits per heavy atom. The topological polar surface area (TPSA) is 3.24 Å². The summed E-state index contributed by atoms with van der Waals surface area (Å²) in [5, 5.41) is 1.85. The predicted octanol–water partition coefficient (Wildman–Crippen LogP) is 14.6. The van der Waals surface area contributed by atoms with E-state index in [1.807, 2.05) is 114 Å². The lowest BCUT2D eigenvalue weighted by Crippen LogP contribution is -2.09. The SMILES string of the molecule is [2H]c1c([2H])c(N(c2ccc(-c3ccccc3)cc2)c2ccc(-c3ccc(-c4ccccc4)c(-c4ccccc4)c3)cc2)c([2H])c([2H])c1-c1cccc2ccccc12. The van der Waals surface area contributed by atoms with Crippen molar-refractivity contribution in [3.8, 4) is 55.6 Å². The molecule has 0 saturated carbocycles. The van der Waals surface area contributed by atoms with Crippen LogP contribution in [0.3, 0.4) is 0 Å². The van der Waals surface area contributed by atoms with Gasteiger partial charge in [-0.1, -0.05) is 182 Å². The largest absolute Gasteiger partial charge is 0.311 e. The molecule has 9 aromatic carbocycles. The van der Waals surface area contributed by atoms with Crippen molar-refractivity contribution >= 4 is 27.8 Å². The van der Waals surface area contributed by atoms with Crippen molar-refractivity contribution in [3.63, 3.8) is 0 Å². The molecule has 250 valence electrons. The minimum atomic E-state index is -0.112. The maximum absolute atomic E-state index is 9.48. The number of fused-ring (bicyclic) bond motifs is 1. The fourth-order valence-corrected chi connectivity index (χ4v) is 7.09. The molecule has 9 rings (SSSR count). The van der Waals surface area contributed by atoms with Crippen LogP contribution in [0.2, 0.25) is 0 Å². The predicted molar refractivity (Wildman–Crippen MR) is 226 cm³/mol. The molecule has 0 radical (unpaired) electrons. The molecular formula is C52H37N. The fourth-order valence-electron chi connectivity index (χ4n) is 7.09. The molecule has 53 heavy (non-hydrogen) atoms. The summed E-state index contributed by atoms with van der Waals surface area (Å²) in [7, 11) is 0. The van der Waals surface area contributed by atoms with E-state index in [1.54, 1.807) is 0 Å². The molecule has 0 aliphatic rings. The molecule has 1 heteroatoms. The van der Waals surface area contributed by atoms with Crippen LogP contribution in [0.15, 0.2) is 224 Å². The molecule has 0 aliphatic carbocycles. The average Bonchev–Trinajstić information content (AvgIpc) is 3.28. The summed E-state index contributed by atoms with van der Waals surface area (Å²) in [6.07, 6.45) is 0. The van der Waals surface area contributed by atoms with Crippen molar-refractivity contribution in [2.45, 2.75) is 0 Å². The van der Waals surface area contributed by atoms with Gasteiger partial charge in [-0.05, 0) is 109 Å². The zero-order valence-electron chi connectivity index (χ0n) is 33.0. The summed E-state index contributed by atoms with van der Waals surface area (Å²) < 4.78 is 37.7. The summed E-state index contributed by atoms with van der Waals surface area (Å²) in [6.45, 7) is 0. The third-order valence-electron chi connectivity index (χ3n) is 9.78. The van der Waals surface area contributed by atoms with Gasteiger partial charge in [0.05, 0.1) is 5.48 Å². The van der Waals surface area contributed by atoms with Crippen LogP contribution < -0.4 is 4.90 Å². The maximum atomic E-state index is 9.48. The van der Waals surface area contributed by atoms with E-state index in [1.165, 1.54) is 0 Å². The van der Waals surface area contributed by atoms with Crippen molar-refractivity contribution in [2.24, 2.45) is 0 Å². The van der Waals surface area contributed by atoms with Crippen molar-refractivity contribution in [1.29, 1.82) is 0 Å². The third-order valence-corrected chi connectivity index (χ3v) is 9.78. The van der Waals surface area contributed by atoms with E-state index in [9.17, 15) is 5.48 Å². The second kappa shape index (κ2) is 14.3. The summed E-state index contributed by atoms with van der Waals surface area (Å²) in [4.78, 5) is 1.85. The molecule has 0 aliphatic heterocycles. The Balaban J connectivity index is 1.18. The normalized spacial score (nSPS) is 12.1. The van der Waals surface area contributed by atoms with Gasteiger partial charge >= 0.3 is 0 Å². The summed E-state index contributed by atoms with van der Waals surface area (Å²) in [5.74, 6) is 0. The fraction of sp³-hybridized carbons (Fsp3) is 0. The minimum absolute atomic E-state index is 0.0863. The van der Waals surface area contributed by atoms with Crippen molar-refractivity contribution in [3.05, 3.63) is 224 Å². The molecule has 0 bridgehead atoms. The number of hydrogen-bond donors (Lipinski definition) is 0. The van der Waals surface area contributed by atoms with Crippen LogP contribution in [0, 0.1) is 0 Å². The Morgan fingerprint density at radius 2 is 0.755 bits per heavy atom. The van der Waals surface area contributed by atoms with Crippen LogP contribution in [0.25, 0.3) is 66.4 Å². The monoisotopic (exact) mass is 679 g/mol. The lowest BCUT2D eigenvalue weighted by molar-refractivity contribution is 1.28. The van der Waals surface area contributed by atoms with Crippen molar-refractivity contribution in [2.75, 3.05) is 4.90 Å². The van der Waals surface area contributed by atoms with E-state index in [2.05, 4.69) is 91.0 Å². The molecule has 0 heterocycles. The highest BCUT2D eigenvalue weighted by molar-refractivity contribution is 5.97. The Bertz CT molecular complexity index is 2820. The summed E-state index contributed by atoms with van der Waals surface area (Å²) in [5.41, 5.74) is 11.4. The maximum Gasteiger partial charge on any atom is 0.0645 e. The van der Waals surface area contributed by atoms with Gasteiger partial charge in [0.15, 0.2) is 0 Å². The molecule has 0 fully saturated rings. The molecule has 0 atom stereocenters. The first-order valence-electron chi connectivity index (χ1n) is 19.9. The minimum Gasteiger partial charge on any atom is -0.311 e. The van der Waals surface area contributed by atoms with Gasteiger partial charge in [-0.3, -0.25) is 0 Å². The number of anilines is 3. The molecule has 9 aromatic rings. The molecule has 1 nitrogen and oxygen atoms in total. The first kappa shape index (κ1) is 27.7. The van der Waals surface area contributed by atoms with E-state index >= 15 is 0 Å². The number of benzene rings is 9. The van der Waals surface area contributed by atoms with E-state index in [4.69, 9.17) is 0 Å². The highest BCUT2D eigenvalue weighted by Gasteiger charge is 2.15. The van der Waals surface area contributed by atoms with Gasteiger partial charge in [0.25, 0.3) is 0 Å². The smallest absolute Gasteiger partial charge is 0.0645 e. The molecule has 0 aromatic heterocycles. The average molecular weight is 680 g/mol. The lowest BCUT2D eigenvalue weighted by Gasteiger charge is -2.26. The van der Waals surface area contributed by atoms with E-state index in [0.717, 1.165) is 61.0 Å². The van der Waals surface area contributed by atoms with E-state index in [-0.39, 0.29) is 35.4 Å². The Morgan fingerprint density at radius 1 is 0.283 bits per heavy atom. The van der Waals surface area contributed by atoms with Crippen molar-refractivity contribution < 1.29 is 5.48 Å². The number of rotatable bonds is 8. The molecule has 0 saturated heterocycles. The third kappa shape index (κ3) is 6.53. The van der Waals surface area contributed by atoms with Crippen LogP contribution in [0.4, 0.5) is 17.1 Å². The Kier molecular flexibility index (Phi) is 7.50. The van der Waals surface area contributed by atoms with Crippen LogP contribution in [0.1, 0.15) is 5.48 Å². The molecule has 0 unspecified atom stereocenters. The first-order valence-corrected chi connectivity index (χ1v) is 17.9. The van der Waals surface area contributed by atoms with Crippen LogP contribution in [-0.2, 0) is 0 Å². The van der Waals surface area contributed by atoms with Gasteiger partial charge in [0, 0.05) is 17.1 Å². The van der Waals surface area contributed by atoms with E-state index < -0.39 is 0 Å². The number of hydrogen-bond acceptors (Lipinski definition) is 1. The van der Waals surface area contributed by atoms with Crippen LogP contribution in [0.5, 0.6) is 0 Å². The summed E-state index contributed by atoms with van der Waals surface area (Å²) >= 11 is 0. The first-order chi connectivity index (χ1) is 28.0. The second-order valence-corrected chi connectivity index (χ2v) is 13.0. The molecule has 0 spiro atoms. The number of nitrogens with zero attached hydrogens (tertiary/aromatic N) is 1. The highest BCUT2D eigenvalue weighted by Crippen LogP contribution is 2.40. The standard InChI is InChI=1S/C52H37N/c1-4-13-38(14-5-1)39-23-30-46(31-24-39)53(48-34-27-44(28-35-48)50-22-12-20-42-19-10-11-21-49(42)50)47-32-25-40(26-33-47)45-29-36-51(41-15-6-2-7-16-41)52(37-45)43-17-8-3-9-18-43/h1-37H/i27D,28D,34D,35D. The lowest BCUT2D eigenvalue weighted by atomic mass is 9.91. The Labute approximate surface area is 317 Å². The highest BCUT2D eigenvalue weighted by atomic mass is 15.1. The van der Waals surface area contributed by atoms with E-state index in [0.29, 0.717) is 11.3 Å². The van der Waals surface area contributed by atoms with Gasteiger partial charge in [-0.25, -0.2) is 0 Å². The molecule has 0 N–H and O–H groups in total. The van der Waals surface area contributed by atoms with Crippen LogP contribution >= 0.6 is 0 Å². The van der Waals surface area contributed by atoms with Gasteiger partial charge < -0.3 is 4.90 Å². The molecular weight excluding hydrogens is 639 g/mol. The van der Waals surface area contributed by atoms with Crippen molar-refractivity contribution in [1.82, 2.24) is 0 Å². The quantitative estimate of drug-likeness (QED) is 0.154. The zero-order valence-corrected chi connectivity index (χ0v) is 29.0. The second-order valence-electron chi connectivity index (χ2n) is 13.0. The van der Waals surface area contributed by atoms with Gasteiger partial charge in [0.1, 0.15) is 0 Å². The van der Waals surface area contributed by atoms with Crippen LogP contribution in [-0.4, -0.2) is 0 Å². The van der Waals surface area contributed by atoms with Gasteiger partial charge in [0.2, 0.25) is 0 Å². The zero-order chi connectivity index (χ0) is 38.9. The Hall–Kier alpha value is -6.96. The molecule has 0 amide bonds.